The molecule has 7 nitrogen and oxygen atoms in total. The molecule has 0 aromatic heterocycles. The number of carbonyl (C=O) groups is 4. The van der Waals surface area contributed by atoms with E-state index in [2.05, 4.69) is 5.32 Å². The molecule has 1 aliphatic heterocycles. The van der Waals surface area contributed by atoms with E-state index in [4.69, 9.17) is 4.74 Å². The van der Waals surface area contributed by atoms with Crippen molar-refractivity contribution in [2.75, 3.05) is 16.8 Å². The van der Waals surface area contributed by atoms with E-state index >= 15 is 0 Å². The van der Waals surface area contributed by atoms with Crippen LogP contribution in [0.3, 0.4) is 0 Å². The molecule has 7 heteroatoms. The number of nitrogens with one attached hydrogen (secondary N) is 1. The predicted octanol–water partition coefficient (Wildman–Crippen LogP) is 2.70. The van der Waals surface area contributed by atoms with Crippen molar-refractivity contribution in [2.24, 2.45) is 0 Å². The van der Waals surface area contributed by atoms with Crippen LogP contribution in [0.2, 0.25) is 0 Å². The molecule has 0 unspecified atom stereocenters. The Morgan fingerprint density at radius 3 is 2.46 bits per heavy atom. The maximum absolute atomic E-state index is 12.2. The van der Waals surface area contributed by atoms with E-state index in [1.165, 1.54) is 12.1 Å². The van der Waals surface area contributed by atoms with Gasteiger partial charge in [0, 0.05) is 18.5 Å². The molecule has 3 rings (SSSR count). The molecule has 1 aliphatic rings. The van der Waals surface area contributed by atoms with E-state index in [9.17, 15) is 19.2 Å². The molecule has 0 aliphatic carbocycles. The largest absolute Gasteiger partial charge is 0.452 e. The molecule has 0 bridgehead atoms. The second-order valence-electron chi connectivity index (χ2n) is 6.35. The van der Waals surface area contributed by atoms with Gasteiger partial charge >= 0.3 is 5.97 Å². The van der Waals surface area contributed by atoms with Crippen molar-refractivity contribution in [1.29, 1.82) is 0 Å². The van der Waals surface area contributed by atoms with Gasteiger partial charge in [0.1, 0.15) is 0 Å². The van der Waals surface area contributed by atoms with Gasteiger partial charge in [-0.25, -0.2) is 4.79 Å². The molecule has 0 radical (unpaired) electrons. The maximum Gasteiger partial charge on any atom is 0.338 e. The second-order valence-corrected chi connectivity index (χ2v) is 6.35. The molecular formula is C21H20N2O5. The normalized spacial score (nSPS) is 13.5. The zero-order chi connectivity index (χ0) is 20.1. The smallest absolute Gasteiger partial charge is 0.338 e. The number of benzene rings is 2. The first-order valence-corrected chi connectivity index (χ1v) is 8.99. The Labute approximate surface area is 162 Å². The molecule has 1 heterocycles. The predicted molar refractivity (Wildman–Crippen MR) is 103 cm³/mol. The lowest BCUT2D eigenvalue weighted by Gasteiger charge is -2.14. The molecule has 0 atom stereocenters. The summed E-state index contributed by atoms with van der Waals surface area (Å²) in [6, 6.07) is 13.4. The summed E-state index contributed by atoms with van der Waals surface area (Å²) >= 11 is 0. The topological polar surface area (TPSA) is 92.8 Å². The minimum atomic E-state index is -0.710. The number of amides is 3. The number of nitrogens with zero attached hydrogens (tertiary/aromatic N) is 1. The highest BCUT2D eigenvalue weighted by molar-refractivity contribution is 6.20. The van der Waals surface area contributed by atoms with Gasteiger partial charge in [-0.05, 0) is 42.3 Å². The summed E-state index contributed by atoms with van der Waals surface area (Å²) in [5.41, 5.74) is 2.19. The number of imide groups is 1. The van der Waals surface area contributed by atoms with Crippen LogP contribution in [0.1, 0.15) is 35.7 Å². The fourth-order valence-corrected chi connectivity index (χ4v) is 2.92. The Bertz CT molecular complexity index is 922. The Kier molecular flexibility index (Phi) is 5.84. The monoisotopic (exact) mass is 380 g/mol. The van der Waals surface area contributed by atoms with E-state index in [1.807, 2.05) is 25.1 Å². The number of carbonyl (C=O) groups excluding carboxylic acids is 4. The van der Waals surface area contributed by atoms with Crippen LogP contribution in [0, 0.1) is 0 Å². The van der Waals surface area contributed by atoms with Crippen LogP contribution >= 0.6 is 0 Å². The van der Waals surface area contributed by atoms with Crippen LogP contribution in [0.4, 0.5) is 11.4 Å². The zero-order valence-corrected chi connectivity index (χ0v) is 15.4. The molecule has 3 amide bonds. The summed E-state index contributed by atoms with van der Waals surface area (Å²) in [6.45, 7) is 1.57. The van der Waals surface area contributed by atoms with Crippen molar-refractivity contribution >= 4 is 35.1 Å². The van der Waals surface area contributed by atoms with Crippen LogP contribution in [-0.2, 0) is 25.5 Å². The van der Waals surface area contributed by atoms with Crippen LogP contribution in [0.5, 0.6) is 0 Å². The number of aryl methyl sites for hydroxylation is 1. The summed E-state index contributed by atoms with van der Waals surface area (Å²) < 4.78 is 5.05. The third-order valence-corrected chi connectivity index (χ3v) is 4.34. The average molecular weight is 380 g/mol. The molecular weight excluding hydrogens is 360 g/mol. The van der Waals surface area contributed by atoms with Crippen molar-refractivity contribution in [1.82, 2.24) is 0 Å². The van der Waals surface area contributed by atoms with E-state index in [0.717, 1.165) is 16.9 Å². The quantitative estimate of drug-likeness (QED) is 0.614. The fourth-order valence-electron chi connectivity index (χ4n) is 2.92. The van der Waals surface area contributed by atoms with Crippen molar-refractivity contribution in [3.8, 4) is 0 Å². The average Bonchev–Trinajstić information content (AvgIpc) is 3.04. The summed E-state index contributed by atoms with van der Waals surface area (Å²) in [7, 11) is 0. The van der Waals surface area contributed by atoms with Gasteiger partial charge in [-0.2, -0.15) is 0 Å². The molecule has 0 saturated carbocycles. The molecule has 2 aromatic rings. The highest BCUT2D eigenvalue weighted by Crippen LogP contribution is 2.23. The van der Waals surface area contributed by atoms with E-state index in [1.54, 1.807) is 18.2 Å². The Balaban J connectivity index is 1.60. The molecule has 144 valence electrons. The Morgan fingerprint density at radius 1 is 1.04 bits per heavy atom. The van der Waals surface area contributed by atoms with Gasteiger partial charge in [0.2, 0.25) is 11.8 Å². The van der Waals surface area contributed by atoms with Crippen molar-refractivity contribution in [3.63, 3.8) is 0 Å². The van der Waals surface area contributed by atoms with Crippen LogP contribution in [0.25, 0.3) is 0 Å². The lowest BCUT2D eigenvalue weighted by atomic mass is 10.1. The molecule has 1 N–H and O–H groups in total. The van der Waals surface area contributed by atoms with E-state index in [-0.39, 0.29) is 30.2 Å². The Hall–Kier alpha value is -3.48. The highest BCUT2D eigenvalue weighted by atomic mass is 16.5. The number of rotatable bonds is 6. The minimum Gasteiger partial charge on any atom is -0.452 e. The number of anilines is 2. The van der Waals surface area contributed by atoms with Crippen LogP contribution in [-0.4, -0.2) is 30.3 Å². The SMILES string of the molecule is CCc1cccc(NC(=O)COC(=O)c2cccc(N3C(=O)CCC3=O)c2)c1. The lowest BCUT2D eigenvalue weighted by Crippen LogP contribution is -2.28. The van der Waals surface area contributed by atoms with Crippen LogP contribution in [0.15, 0.2) is 48.5 Å². The van der Waals surface area contributed by atoms with Crippen molar-refractivity contribution in [3.05, 3.63) is 59.7 Å². The first kappa shape index (κ1) is 19.3. The van der Waals surface area contributed by atoms with Gasteiger partial charge in [0.05, 0.1) is 11.3 Å². The number of hydrogen-bond donors (Lipinski definition) is 1. The van der Waals surface area contributed by atoms with Crippen LogP contribution < -0.4 is 10.2 Å². The molecule has 28 heavy (non-hydrogen) atoms. The van der Waals surface area contributed by atoms with Crippen molar-refractivity contribution in [2.45, 2.75) is 26.2 Å². The fraction of sp³-hybridized carbons (Fsp3) is 0.238. The van der Waals surface area contributed by atoms with Gasteiger partial charge in [-0.1, -0.05) is 25.1 Å². The highest BCUT2D eigenvalue weighted by Gasteiger charge is 2.30. The molecule has 0 spiro atoms. The van der Waals surface area contributed by atoms with E-state index in [0.29, 0.717) is 11.4 Å². The standard InChI is InChI=1S/C21H20N2O5/c1-2-14-5-3-7-16(11-14)22-18(24)13-28-21(27)15-6-4-8-17(12-15)23-19(25)9-10-20(23)26/h3-8,11-12H,2,9-10,13H2,1H3,(H,22,24). The van der Waals surface area contributed by atoms with Crippen molar-refractivity contribution < 1.29 is 23.9 Å². The third-order valence-electron chi connectivity index (χ3n) is 4.34. The summed E-state index contributed by atoms with van der Waals surface area (Å²) in [5.74, 6) is -1.77. The number of ether oxygens (including phenoxy) is 1. The van der Waals surface area contributed by atoms with Gasteiger partial charge in [0.25, 0.3) is 5.91 Å². The van der Waals surface area contributed by atoms with Gasteiger partial charge in [-0.15, -0.1) is 0 Å². The molecule has 1 fully saturated rings. The summed E-state index contributed by atoms with van der Waals surface area (Å²) in [4.78, 5) is 49.0. The first-order valence-electron chi connectivity index (χ1n) is 8.99. The number of esters is 1. The zero-order valence-electron chi connectivity index (χ0n) is 15.4. The summed E-state index contributed by atoms with van der Waals surface area (Å²) in [5, 5.41) is 2.68. The minimum absolute atomic E-state index is 0.158. The molecule has 2 aromatic carbocycles. The second kappa shape index (κ2) is 8.47. The first-order chi connectivity index (χ1) is 13.5. The van der Waals surface area contributed by atoms with Gasteiger partial charge in [-0.3, -0.25) is 19.3 Å². The van der Waals surface area contributed by atoms with Gasteiger partial charge < -0.3 is 10.1 Å². The summed E-state index contributed by atoms with van der Waals surface area (Å²) in [6.07, 6.45) is 1.16. The van der Waals surface area contributed by atoms with Gasteiger partial charge in [0.15, 0.2) is 6.61 Å². The third kappa shape index (κ3) is 4.43. The molecule has 1 saturated heterocycles. The van der Waals surface area contributed by atoms with E-state index < -0.39 is 18.5 Å². The number of hydrogen-bond acceptors (Lipinski definition) is 5. The lowest BCUT2D eigenvalue weighted by molar-refractivity contribution is -0.121. The Morgan fingerprint density at radius 2 is 1.75 bits per heavy atom. The maximum atomic E-state index is 12.2.